The highest BCUT2D eigenvalue weighted by Crippen LogP contribution is 2.09. The molecule has 0 amide bonds. The number of aliphatic hydroxyl groups is 1. The average Bonchev–Trinajstić information content (AvgIpc) is 2.98. The second kappa shape index (κ2) is 9.04. The Morgan fingerprint density at radius 3 is 2.88 bits per heavy atom. The minimum absolute atomic E-state index is 0.0402. The van der Waals surface area contributed by atoms with Gasteiger partial charge in [0.15, 0.2) is 11.2 Å². The standard InChI is InChI=1S/C14H23N6O5P/c1-7(2)9(19-26)13(23)24-4-8(3-21)25-6-20-5-16-10-11(20)17-14(15)18-12(10)22/h5,7-9,19,21H,3-4,6,26H2,1-2H3,(H3,15,17,18,22)/t8?,9-/m1/s1. The summed E-state index contributed by atoms with van der Waals surface area (Å²) in [6.45, 7) is 3.25. The third-order valence-electron chi connectivity index (χ3n) is 3.66. The van der Waals surface area contributed by atoms with Crippen LogP contribution < -0.4 is 16.4 Å². The van der Waals surface area contributed by atoms with Gasteiger partial charge in [-0.1, -0.05) is 23.2 Å². The van der Waals surface area contributed by atoms with Gasteiger partial charge in [0.25, 0.3) is 5.56 Å². The van der Waals surface area contributed by atoms with Crippen LogP contribution in [0.25, 0.3) is 11.2 Å². The van der Waals surface area contributed by atoms with Crippen molar-refractivity contribution in [3.05, 3.63) is 16.7 Å². The highest BCUT2D eigenvalue weighted by molar-refractivity contribution is 7.13. The second-order valence-corrected chi connectivity index (χ2v) is 6.29. The van der Waals surface area contributed by atoms with Crippen LogP contribution in [0.15, 0.2) is 11.1 Å². The van der Waals surface area contributed by atoms with Crippen molar-refractivity contribution in [2.24, 2.45) is 5.92 Å². The number of ether oxygens (including phenoxy) is 2. The number of rotatable bonds is 9. The number of fused-ring (bicyclic) bond motifs is 1. The lowest BCUT2D eigenvalue weighted by Gasteiger charge is -2.21. The molecule has 0 aliphatic heterocycles. The van der Waals surface area contributed by atoms with Crippen LogP contribution >= 0.6 is 9.39 Å². The first-order valence-corrected chi connectivity index (χ1v) is 8.51. The number of H-pyrrole nitrogens is 1. The van der Waals surface area contributed by atoms with Crippen LogP contribution in [0.4, 0.5) is 5.95 Å². The fourth-order valence-corrected chi connectivity index (χ4v) is 2.72. The minimum atomic E-state index is -0.743. The van der Waals surface area contributed by atoms with Gasteiger partial charge in [0.05, 0.1) is 12.9 Å². The van der Waals surface area contributed by atoms with Crippen molar-refractivity contribution in [3.63, 3.8) is 0 Å². The quantitative estimate of drug-likeness (QED) is 0.313. The molecule has 5 N–H and O–H groups in total. The van der Waals surface area contributed by atoms with Gasteiger partial charge in [-0.25, -0.2) is 4.98 Å². The SMILES string of the molecule is CC(C)[C@@H](NP)C(=O)OCC(CO)OCn1cnc2c(=O)[nH]c(N)nc21. The number of aliphatic hydroxyl groups excluding tert-OH is 1. The van der Waals surface area contributed by atoms with E-state index in [1.54, 1.807) is 0 Å². The van der Waals surface area contributed by atoms with E-state index < -0.39 is 23.7 Å². The Labute approximate surface area is 151 Å². The van der Waals surface area contributed by atoms with E-state index in [0.29, 0.717) is 0 Å². The zero-order valence-electron chi connectivity index (χ0n) is 14.5. The second-order valence-electron chi connectivity index (χ2n) is 5.96. The molecule has 0 aliphatic carbocycles. The van der Waals surface area contributed by atoms with E-state index in [2.05, 4.69) is 29.4 Å². The third-order valence-corrected chi connectivity index (χ3v) is 4.02. The van der Waals surface area contributed by atoms with Crippen molar-refractivity contribution in [2.45, 2.75) is 32.7 Å². The molecule has 2 unspecified atom stereocenters. The first-order chi connectivity index (χ1) is 12.4. The molecule has 144 valence electrons. The highest BCUT2D eigenvalue weighted by Gasteiger charge is 2.23. The highest BCUT2D eigenvalue weighted by atomic mass is 31.0. The monoisotopic (exact) mass is 386 g/mol. The van der Waals surface area contributed by atoms with E-state index in [4.69, 9.17) is 15.2 Å². The molecule has 3 atom stereocenters. The van der Waals surface area contributed by atoms with Gasteiger partial charge >= 0.3 is 5.97 Å². The van der Waals surface area contributed by atoms with Gasteiger partial charge in [-0.3, -0.25) is 24.2 Å². The van der Waals surface area contributed by atoms with Crippen LogP contribution in [0.3, 0.4) is 0 Å². The van der Waals surface area contributed by atoms with Crippen LogP contribution in [0.2, 0.25) is 0 Å². The number of aromatic amines is 1. The number of nitrogens with two attached hydrogens (primary N) is 1. The van der Waals surface area contributed by atoms with E-state index >= 15 is 0 Å². The lowest BCUT2D eigenvalue weighted by molar-refractivity contribution is -0.153. The number of nitrogens with one attached hydrogen (secondary N) is 2. The van der Waals surface area contributed by atoms with Crippen molar-refractivity contribution in [2.75, 3.05) is 18.9 Å². The van der Waals surface area contributed by atoms with Crippen molar-refractivity contribution in [3.8, 4) is 0 Å². The van der Waals surface area contributed by atoms with E-state index in [0.717, 1.165) is 0 Å². The van der Waals surface area contributed by atoms with Gasteiger partial charge in [-0.05, 0) is 5.92 Å². The molecule has 0 bridgehead atoms. The molecule has 12 heteroatoms. The molecule has 0 saturated heterocycles. The molecule has 0 aromatic carbocycles. The number of nitrogen functional groups attached to an aromatic ring is 1. The van der Waals surface area contributed by atoms with Gasteiger partial charge in [-0.2, -0.15) is 4.98 Å². The number of carbonyl (C=O) groups is 1. The topological polar surface area (TPSA) is 157 Å². The molecule has 0 radical (unpaired) electrons. The number of esters is 1. The first kappa shape index (κ1) is 20.2. The molecule has 0 saturated carbocycles. The van der Waals surface area contributed by atoms with Gasteiger partial charge in [0.1, 0.15) is 25.5 Å². The molecular formula is C14H23N6O5P. The van der Waals surface area contributed by atoms with Gasteiger partial charge in [0, 0.05) is 0 Å². The van der Waals surface area contributed by atoms with E-state index in [1.165, 1.54) is 10.9 Å². The number of imidazole rings is 1. The lowest BCUT2D eigenvalue weighted by atomic mass is 10.1. The Hall–Kier alpha value is -2.07. The Bertz CT molecular complexity index is 807. The van der Waals surface area contributed by atoms with E-state index in [9.17, 15) is 14.7 Å². The molecule has 0 aliphatic rings. The van der Waals surface area contributed by atoms with Crippen LogP contribution in [0, 0.1) is 5.92 Å². The first-order valence-electron chi connectivity index (χ1n) is 7.93. The number of aromatic nitrogens is 4. The molecule has 2 rings (SSSR count). The molecular weight excluding hydrogens is 363 g/mol. The molecule has 26 heavy (non-hydrogen) atoms. The Balaban J connectivity index is 1.97. The Morgan fingerprint density at radius 1 is 1.54 bits per heavy atom. The van der Waals surface area contributed by atoms with Gasteiger partial charge in [-0.15, -0.1) is 0 Å². The maximum atomic E-state index is 12.0. The predicted octanol–water partition coefficient (Wildman–Crippen LogP) is -1.02. The fraction of sp³-hybridized carbons (Fsp3) is 0.571. The average molecular weight is 386 g/mol. The van der Waals surface area contributed by atoms with Crippen LogP contribution in [-0.4, -0.2) is 56.0 Å². The normalized spacial score (nSPS) is 13.9. The summed E-state index contributed by atoms with van der Waals surface area (Å²) in [7, 11) is 2.29. The predicted molar refractivity (Wildman–Crippen MR) is 97.0 cm³/mol. The summed E-state index contributed by atoms with van der Waals surface area (Å²) in [5.41, 5.74) is 5.46. The summed E-state index contributed by atoms with van der Waals surface area (Å²) in [5.74, 6) is -0.437. The maximum Gasteiger partial charge on any atom is 0.323 e. The molecule has 2 heterocycles. The smallest absolute Gasteiger partial charge is 0.323 e. The zero-order valence-corrected chi connectivity index (χ0v) is 15.7. The Kier molecular flexibility index (Phi) is 7.04. The number of hydrogen-bond donors (Lipinski definition) is 4. The maximum absolute atomic E-state index is 12.0. The van der Waals surface area contributed by atoms with Crippen LogP contribution in [0.5, 0.6) is 0 Å². The summed E-state index contributed by atoms with van der Waals surface area (Å²) in [6, 6.07) is -0.476. The molecule has 2 aromatic heterocycles. The summed E-state index contributed by atoms with van der Waals surface area (Å²) in [4.78, 5) is 34.1. The lowest BCUT2D eigenvalue weighted by Crippen LogP contribution is -2.39. The largest absolute Gasteiger partial charge is 0.462 e. The van der Waals surface area contributed by atoms with E-state index in [-0.39, 0.29) is 43.0 Å². The molecule has 2 aromatic rings. The summed E-state index contributed by atoms with van der Waals surface area (Å²) < 4.78 is 12.2. The summed E-state index contributed by atoms with van der Waals surface area (Å²) >= 11 is 0. The van der Waals surface area contributed by atoms with E-state index in [1.807, 2.05) is 13.8 Å². The minimum Gasteiger partial charge on any atom is -0.462 e. The third kappa shape index (κ3) is 4.76. The number of hydrogen-bond acceptors (Lipinski definition) is 9. The van der Waals surface area contributed by atoms with Crippen molar-refractivity contribution >= 4 is 32.5 Å². The summed E-state index contributed by atoms with van der Waals surface area (Å²) in [5, 5.41) is 12.2. The molecule has 11 nitrogen and oxygen atoms in total. The van der Waals surface area contributed by atoms with Crippen LogP contribution in [-0.2, 0) is 21.0 Å². The Morgan fingerprint density at radius 2 is 2.27 bits per heavy atom. The van der Waals surface area contributed by atoms with Crippen molar-refractivity contribution in [1.29, 1.82) is 0 Å². The van der Waals surface area contributed by atoms with Gasteiger partial charge < -0.3 is 20.3 Å². The fourth-order valence-electron chi connectivity index (χ4n) is 2.20. The summed E-state index contributed by atoms with van der Waals surface area (Å²) in [6.07, 6.45) is 0.632. The van der Waals surface area contributed by atoms with Crippen molar-refractivity contribution in [1.82, 2.24) is 24.6 Å². The van der Waals surface area contributed by atoms with Gasteiger partial charge in [0.2, 0.25) is 5.95 Å². The zero-order chi connectivity index (χ0) is 19.3. The number of nitrogens with zero attached hydrogens (tertiary/aromatic N) is 3. The van der Waals surface area contributed by atoms with Crippen LogP contribution in [0.1, 0.15) is 13.8 Å². The number of anilines is 1. The molecule has 0 fully saturated rings. The number of carbonyl (C=O) groups excluding carboxylic acids is 1. The van der Waals surface area contributed by atoms with Crippen molar-refractivity contribution < 1.29 is 19.4 Å². The molecule has 0 spiro atoms.